The predicted octanol–water partition coefficient (Wildman–Crippen LogP) is 3.43. The van der Waals surface area contributed by atoms with Crippen LogP contribution in [-0.2, 0) is 11.2 Å². The van der Waals surface area contributed by atoms with Crippen LogP contribution in [0.2, 0.25) is 0 Å². The van der Waals surface area contributed by atoms with Crippen LogP contribution < -0.4 is 0 Å². The molecular weight excluding hydrogens is 350 g/mol. The summed E-state index contributed by atoms with van der Waals surface area (Å²) < 4.78 is 5.18. The summed E-state index contributed by atoms with van der Waals surface area (Å²) in [7, 11) is 0. The predicted molar refractivity (Wildman–Crippen MR) is 100 cm³/mol. The molecule has 1 aliphatic rings. The molecule has 3 heterocycles. The fourth-order valence-corrected chi connectivity index (χ4v) is 4.55. The normalized spacial score (nSPS) is 16.9. The first-order chi connectivity index (χ1) is 12.5. The van der Waals surface area contributed by atoms with E-state index < -0.39 is 0 Å². The van der Waals surface area contributed by atoms with Crippen LogP contribution in [0.1, 0.15) is 58.7 Å². The van der Waals surface area contributed by atoms with Crippen molar-refractivity contribution in [2.24, 2.45) is 0 Å². The molecule has 3 rings (SSSR count). The number of hydrogen-bond donors (Lipinski definition) is 0. The number of thiophene rings is 1. The molecule has 0 N–H and O–H groups in total. The number of rotatable bonds is 6. The zero-order chi connectivity index (χ0) is 18.7. The Hall–Kier alpha value is -2.15. The van der Waals surface area contributed by atoms with E-state index in [-0.39, 0.29) is 24.3 Å². The van der Waals surface area contributed by atoms with Crippen molar-refractivity contribution in [2.75, 3.05) is 19.6 Å². The lowest BCUT2D eigenvalue weighted by atomic mass is 10.1. The van der Waals surface area contributed by atoms with Crippen molar-refractivity contribution in [1.82, 2.24) is 15.0 Å². The third-order valence-electron chi connectivity index (χ3n) is 4.79. The van der Waals surface area contributed by atoms with E-state index in [0.717, 1.165) is 34.8 Å². The summed E-state index contributed by atoms with van der Waals surface area (Å²) in [5, 5.41) is 3.84. The Bertz CT molecular complexity index is 779. The highest BCUT2D eigenvalue weighted by Gasteiger charge is 2.32. The first-order valence-electron chi connectivity index (χ1n) is 9.14. The fraction of sp³-hybridized carbons (Fsp3) is 0.526. The van der Waals surface area contributed by atoms with Gasteiger partial charge in [0.1, 0.15) is 5.76 Å². The molecule has 2 aromatic rings. The van der Waals surface area contributed by atoms with Crippen molar-refractivity contribution in [2.45, 2.75) is 46.1 Å². The van der Waals surface area contributed by atoms with Crippen LogP contribution in [-0.4, -0.2) is 46.4 Å². The van der Waals surface area contributed by atoms with E-state index in [1.54, 1.807) is 6.07 Å². The molecule has 2 aromatic heterocycles. The molecule has 6 nitrogen and oxygen atoms in total. The minimum atomic E-state index is 0.0497. The molecule has 0 radical (unpaired) electrons. The highest BCUT2D eigenvalue weighted by molar-refractivity contribution is 7.14. The smallest absolute Gasteiger partial charge is 0.263 e. The van der Waals surface area contributed by atoms with Crippen molar-refractivity contribution in [3.8, 4) is 0 Å². The van der Waals surface area contributed by atoms with E-state index in [1.807, 2.05) is 42.7 Å². The number of nitrogens with zero attached hydrogens (tertiary/aromatic N) is 3. The first kappa shape index (κ1) is 18.6. The standard InChI is InChI=1S/C19H25N3O3S/c1-4-21(5-2)19(24)17-9-8-16(26-17)15-7-6-10-22(15)18(23)12-14-11-13(3)20-25-14/h8-9,11,15H,4-7,10,12H2,1-3H3/t15-/m0/s1. The van der Waals surface area contributed by atoms with Crippen LogP contribution in [0.5, 0.6) is 0 Å². The second kappa shape index (κ2) is 8.03. The molecule has 2 amide bonds. The van der Waals surface area contributed by atoms with Crippen molar-refractivity contribution < 1.29 is 14.1 Å². The summed E-state index contributed by atoms with van der Waals surface area (Å²) in [5.74, 6) is 0.717. The number of aromatic nitrogens is 1. The Morgan fingerprint density at radius 2 is 2.12 bits per heavy atom. The van der Waals surface area contributed by atoms with Crippen molar-refractivity contribution >= 4 is 23.2 Å². The monoisotopic (exact) mass is 375 g/mol. The second-order valence-corrected chi connectivity index (χ2v) is 7.65. The van der Waals surface area contributed by atoms with Gasteiger partial charge in [-0.05, 0) is 45.7 Å². The maximum Gasteiger partial charge on any atom is 0.263 e. The fourth-order valence-electron chi connectivity index (χ4n) is 3.42. The highest BCUT2D eigenvalue weighted by atomic mass is 32.1. The number of carbonyl (C=O) groups is 2. The molecule has 140 valence electrons. The Morgan fingerprint density at radius 3 is 2.77 bits per heavy atom. The van der Waals surface area contributed by atoms with Crippen molar-refractivity contribution in [3.63, 3.8) is 0 Å². The molecule has 7 heteroatoms. The molecule has 0 spiro atoms. The van der Waals surface area contributed by atoms with Gasteiger partial charge in [0.2, 0.25) is 5.91 Å². The van der Waals surface area contributed by atoms with Gasteiger partial charge in [0.05, 0.1) is 23.0 Å². The second-order valence-electron chi connectivity index (χ2n) is 6.54. The summed E-state index contributed by atoms with van der Waals surface area (Å²) in [6.07, 6.45) is 2.14. The van der Waals surface area contributed by atoms with Gasteiger partial charge in [-0.1, -0.05) is 5.16 Å². The van der Waals surface area contributed by atoms with Gasteiger partial charge in [0.15, 0.2) is 0 Å². The van der Waals surface area contributed by atoms with Crippen molar-refractivity contribution in [3.05, 3.63) is 39.4 Å². The van der Waals surface area contributed by atoms with Gasteiger partial charge in [-0.15, -0.1) is 11.3 Å². The topological polar surface area (TPSA) is 66.7 Å². The number of hydrogen-bond acceptors (Lipinski definition) is 5. The molecule has 0 bridgehead atoms. The van der Waals surface area contributed by atoms with Gasteiger partial charge in [0.25, 0.3) is 5.91 Å². The molecule has 0 saturated carbocycles. The van der Waals surface area contributed by atoms with Crippen LogP contribution in [0.15, 0.2) is 22.7 Å². The van der Waals surface area contributed by atoms with E-state index in [9.17, 15) is 9.59 Å². The Morgan fingerprint density at radius 1 is 1.35 bits per heavy atom. The van der Waals surface area contributed by atoms with Crippen molar-refractivity contribution in [1.29, 1.82) is 0 Å². The molecule has 0 aromatic carbocycles. The van der Waals surface area contributed by atoms with Gasteiger partial charge in [-0.3, -0.25) is 9.59 Å². The lowest BCUT2D eigenvalue weighted by molar-refractivity contribution is -0.131. The van der Waals surface area contributed by atoms with E-state index in [0.29, 0.717) is 18.8 Å². The number of amides is 2. The lowest BCUT2D eigenvalue weighted by Gasteiger charge is -2.23. The minimum absolute atomic E-state index is 0.0497. The molecular formula is C19H25N3O3S. The SMILES string of the molecule is CCN(CC)C(=O)c1ccc([C@@H]2CCCN2C(=O)Cc2cc(C)no2)s1. The first-order valence-corrected chi connectivity index (χ1v) is 9.95. The van der Waals surface area contributed by atoms with Crippen LogP contribution in [0.25, 0.3) is 0 Å². The number of likely N-dealkylation sites (tertiary alicyclic amines) is 1. The van der Waals surface area contributed by atoms with Gasteiger partial charge in [-0.25, -0.2) is 0 Å². The highest BCUT2D eigenvalue weighted by Crippen LogP contribution is 2.36. The van der Waals surface area contributed by atoms with Crippen LogP contribution in [0, 0.1) is 6.92 Å². The largest absolute Gasteiger partial charge is 0.361 e. The summed E-state index contributed by atoms with van der Waals surface area (Å²) >= 11 is 1.51. The van der Waals surface area contributed by atoms with E-state index in [4.69, 9.17) is 4.52 Å². The molecule has 0 unspecified atom stereocenters. The maximum atomic E-state index is 12.7. The van der Waals surface area contributed by atoms with Gasteiger partial charge < -0.3 is 14.3 Å². The van der Waals surface area contributed by atoms with E-state index in [1.165, 1.54) is 11.3 Å². The molecule has 1 saturated heterocycles. The molecule has 0 aliphatic carbocycles. The summed E-state index contributed by atoms with van der Waals surface area (Å²) in [6.45, 7) is 7.96. The number of carbonyl (C=O) groups excluding carboxylic acids is 2. The molecule has 1 aliphatic heterocycles. The van der Waals surface area contributed by atoms with Gasteiger partial charge >= 0.3 is 0 Å². The summed E-state index contributed by atoms with van der Waals surface area (Å²) in [5.41, 5.74) is 0.781. The van der Waals surface area contributed by atoms with Crippen LogP contribution in [0.4, 0.5) is 0 Å². The van der Waals surface area contributed by atoms with Crippen LogP contribution >= 0.6 is 11.3 Å². The maximum absolute atomic E-state index is 12.7. The summed E-state index contributed by atoms with van der Waals surface area (Å²) in [4.78, 5) is 30.8. The number of aryl methyl sites for hydroxylation is 1. The Balaban J connectivity index is 1.72. The zero-order valence-corrected chi connectivity index (χ0v) is 16.3. The average Bonchev–Trinajstić information content (AvgIpc) is 3.35. The van der Waals surface area contributed by atoms with Gasteiger partial charge in [0, 0.05) is 30.6 Å². The third kappa shape index (κ3) is 3.82. The molecule has 26 heavy (non-hydrogen) atoms. The van der Waals surface area contributed by atoms with Crippen LogP contribution in [0.3, 0.4) is 0 Å². The average molecular weight is 375 g/mol. The quantitative estimate of drug-likeness (QED) is 0.776. The van der Waals surface area contributed by atoms with E-state index >= 15 is 0 Å². The van der Waals surface area contributed by atoms with Gasteiger partial charge in [-0.2, -0.15) is 0 Å². The lowest BCUT2D eigenvalue weighted by Crippen LogP contribution is -2.31. The minimum Gasteiger partial charge on any atom is -0.361 e. The molecule has 1 atom stereocenters. The Labute approximate surface area is 157 Å². The zero-order valence-electron chi connectivity index (χ0n) is 15.5. The Kier molecular flexibility index (Phi) is 5.76. The third-order valence-corrected chi connectivity index (χ3v) is 5.97. The van der Waals surface area contributed by atoms with E-state index in [2.05, 4.69) is 5.16 Å². The summed E-state index contributed by atoms with van der Waals surface area (Å²) in [6, 6.07) is 5.74. The molecule has 1 fully saturated rings.